The highest BCUT2D eigenvalue weighted by atomic mass is 16.3. The highest BCUT2D eigenvalue weighted by Crippen LogP contribution is 2.71. The van der Waals surface area contributed by atoms with E-state index in [0.29, 0.717) is 16.2 Å². The molecule has 0 radical (unpaired) electrons. The third-order valence-electron chi connectivity index (χ3n) is 10.8. The van der Waals surface area contributed by atoms with Gasteiger partial charge in [0.05, 0.1) is 6.10 Å². The molecule has 1 nitrogen and oxygen atoms in total. The standard InChI is InChI=1S/C28H48O/c1-19(2)8-7-9-20(3)23-10-11-24-27(23,5)17-14-25-26(4)16-13-22(29)18-21(26)12-15-28(24,25)6/h12,19-20,22-25,29H,7-11,13-18H2,1-6H3/t20-,22+,23-,24-,25-,26+,27-,28+/m1/s1. The molecule has 1 N–H and O–H groups in total. The van der Waals surface area contributed by atoms with Gasteiger partial charge < -0.3 is 5.11 Å². The van der Waals surface area contributed by atoms with Crippen molar-refractivity contribution in [3.05, 3.63) is 11.6 Å². The predicted molar refractivity (Wildman–Crippen MR) is 124 cm³/mol. The predicted octanol–water partition coefficient (Wildman–Crippen LogP) is 7.78. The number of aliphatic hydroxyl groups excluding tert-OH is 1. The largest absolute Gasteiger partial charge is 0.393 e. The summed E-state index contributed by atoms with van der Waals surface area (Å²) in [6, 6.07) is 0. The van der Waals surface area contributed by atoms with E-state index in [1.807, 2.05) is 0 Å². The summed E-state index contributed by atoms with van der Waals surface area (Å²) in [6.45, 7) is 15.3. The summed E-state index contributed by atoms with van der Waals surface area (Å²) in [6.07, 6.45) is 17.0. The van der Waals surface area contributed by atoms with Gasteiger partial charge in [-0.2, -0.15) is 0 Å². The second-order valence-electron chi connectivity index (χ2n) is 12.9. The topological polar surface area (TPSA) is 20.2 Å². The Kier molecular flexibility index (Phi) is 5.81. The first-order valence-electron chi connectivity index (χ1n) is 13.0. The fourth-order valence-corrected chi connectivity index (χ4v) is 9.32. The normalized spacial score (nSPS) is 47.9. The van der Waals surface area contributed by atoms with Gasteiger partial charge in [-0.25, -0.2) is 0 Å². The van der Waals surface area contributed by atoms with Crippen LogP contribution in [-0.2, 0) is 0 Å². The molecule has 3 saturated carbocycles. The van der Waals surface area contributed by atoms with Crippen LogP contribution in [0.25, 0.3) is 0 Å². The molecule has 0 saturated heterocycles. The molecule has 4 aliphatic rings. The highest BCUT2D eigenvalue weighted by Gasteiger charge is 2.63. The van der Waals surface area contributed by atoms with Gasteiger partial charge in [-0.1, -0.05) is 72.5 Å². The van der Waals surface area contributed by atoms with Crippen molar-refractivity contribution in [1.29, 1.82) is 0 Å². The van der Waals surface area contributed by atoms with Crippen LogP contribution in [0.2, 0.25) is 0 Å². The molecule has 3 fully saturated rings. The summed E-state index contributed by atoms with van der Waals surface area (Å²) in [7, 11) is 0. The Morgan fingerprint density at radius 1 is 0.931 bits per heavy atom. The summed E-state index contributed by atoms with van der Waals surface area (Å²) in [5, 5.41) is 10.3. The third-order valence-corrected chi connectivity index (χ3v) is 10.8. The van der Waals surface area contributed by atoms with Crippen LogP contribution in [0, 0.1) is 45.8 Å². The zero-order chi connectivity index (χ0) is 21.0. The van der Waals surface area contributed by atoms with E-state index < -0.39 is 0 Å². The van der Waals surface area contributed by atoms with Crippen LogP contribution in [-0.4, -0.2) is 11.2 Å². The second kappa shape index (κ2) is 7.68. The van der Waals surface area contributed by atoms with Gasteiger partial charge in [-0.3, -0.25) is 0 Å². The van der Waals surface area contributed by atoms with E-state index in [-0.39, 0.29) is 6.10 Å². The quantitative estimate of drug-likeness (QED) is 0.467. The van der Waals surface area contributed by atoms with Gasteiger partial charge in [0.1, 0.15) is 0 Å². The van der Waals surface area contributed by atoms with Crippen LogP contribution in [0.15, 0.2) is 11.6 Å². The number of aliphatic hydroxyl groups is 1. The van der Waals surface area contributed by atoms with E-state index in [1.165, 1.54) is 57.8 Å². The minimum Gasteiger partial charge on any atom is -0.393 e. The number of hydrogen-bond acceptors (Lipinski definition) is 1. The minimum atomic E-state index is -0.0879. The molecule has 0 amide bonds. The molecule has 4 rings (SSSR count). The Labute approximate surface area is 181 Å². The zero-order valence-electron chi connectivity index (χ0n) is 20.3. The lowest BCUT2D eigenvalue weighted by molar-refractivity contribution is -0.114. The fraction of sp³-hybridized carbons (Fsp3) is 0.929. The molecule has 0 spiro atoms. The number of fused-ring (bicyclic) bond motifs is 5. The molecule has 8 atom stereocenters. The third kappa shape index (κ3) is 3.46. The van der Waals surface area contributed by atoms with Gasteiger partial charge >= 0.3 is 0 Å². The van der Waals surface area contributed by atoms with E-state index in [2.05, 4.69) is 47.6 Å². The first-order valence-corrected chi connectivity index (χ1v) is 13.0. The Morgan fingerprint density at radius 3 is 2.41 bits per heavy atom. The minimum absolute atomic E-state index is 0.0879. The first kappa shape index (κ1) is 21.9. The van der Waals surface area contributed by atoms with Crippen LogP contribution in [0.1, 0.15) is 112 Å². The molecule has 0 bridgehead atoms. The summed E-state index contributed by atoms with van der Waals surface area (Å²) < 4.78 is 0. The molecule has 0 aromatic carbocycles. The van der Waals surface area contributed by atoms with Gasteiger partial charge in [-0.15, -0.1) is 0 Å². The molecule has 4 aliphatic carbocycles. The lowest BCUT2D eigenvalue weighted by atomic mass is 9.41. The summed E-state index contributed by atoms with van der Waals surface area (Å²) >= 11 is 0. The maximum absolute atomic E-state index is 10.3. The van der Waals surface area contributed by atoms with E-state index in [9.17, 15) is 5.11 Å². The summed E-state index contributed by atoms with van der Waals surface area (Å²) in [4.78, 5) is 0. The Hall–Kier alpha value is -0.300. The molecule has 29 heavy (non-hydrogen) atoms. The molecule has 0 aromatic rings. The van der Waals surface area contributed by atoms with E-state index >= 15 is 0 Å². The van der Waals surface area contributed by atoms with Crippen molar-refractivity contribution in [1.82, 2.24) is 0 Å². The second-order valence-corrected chi connectivity index (χ2v) is 12.9. The lowest BCUT2D eigenvalue weighted by Gasteiger charge is -2.63. The highest BCUT2D eigenvalue weighted by molar-refractivity contribution is 5.28. The molecular weight excluding hydrogens is 352 g/mol. The number of hydrogen-bond donors (Lipinski definition) is 1. The Balaban J connectivity index is 1.55. The van der Waals surface area contributed by atoms with Crippen molar-refractivity contribution in [3.8, 4) is 0 Å². The van der Waals surface area contributed by atoms with Gasteiger partial charge in [0.15, 0.2) is 0 Å². The summed E-state index contributed by atoms with van der Waals surface area (Å²) in [5.74, 6) is 4.40. The Morgan fingerprint density at radius 2 is 1.69 bits per heavy atom. The smallest absolute Gasteiger partial charge is 0.0577 e. The van der Waals surface area contributed by atoms with E-state index in [4.69, 9.17) is 0 Å². The van der Waals surface area contributed by atoms with Crippen molar-refractivity contribution >= 4 is 0 Å². The van der Waals surface area contributed by atoms with Gasteiger partial charge in [0, 0.05) is 0 Å². The first-order chi connectivity index (χ1) is 13.6. The van der Waals surface area contributed by atoms with Crippen LogP contribution in [0.4, 0.5) is 0 Å². The van der Waals surface area contributed by atoms with Crippen LogP contribution >= 0.6 is 0 Å². The van der Waals surface area contributed by atoms with Crippen LogP contribution < -0.4 is 0 Å². The lowest BCUT2D eigenvalue weighted by Crippen LogP contribution is -2.56. The molecule has 0 aromatic heterocycles. The molecule has 0 aliphatic heterocycles. The van der Waals surface area contributed by atoms with E-state index in [1.54, 1.807) is 5.57 Å². The molecule has 1 heteroatoms. The average Bonchev–Trinajstić information content (AvgIpc) is 3.00. The van der Waals surface area contributed by atoms with Crippen LogP contribution in [0.5, 0.6) is 0 Å². The van der Waals surface area contributed by atoms with Crippen molar-refractivity contribution in [3.63, 3.8) is 0 Å². The SMILES string of the molecule is CC(C)CCC[C@@H](C)[C@H]1CC[C@@H]2[C@]1(C)CC[C@H]1[C@@]2(C)CC=C2C[C@@H](O)CC[C@@]21C. The van der Waals surface area contributed by atoms with Gasteiger partial charge in [0.25, 0.3) is 0 Å². The maximum atomic E-state index is 10.3. The average molecular weight is 401 g/mol. The zero-order valence-corrected chi connectivity index (χ0v) is 20.3. The molecule has 0 unspecified atom stereocenters. The van der Waals surface area contributed by atoms with E-state index in [0.717, 1.165) is 42.4 Å². The Bertz CT molecular complexity index is 634. The van der Waals surface area contributed by atoms with Crippen molar-refractivity contribution in [2.75, 3.05) is 0 Å². The summed E-state index contributed by atoms with van der Waals surface area (Å²) in [5.41, 5.74) is 2.99. The monoisotopic (exact) mass is 400 g/mol. The van der Waals surface area contributed by atoms with Crippen molar-refractivity contribution in [2.45, 2.75) is 118 Å². The number of allylic oxidation sites excluding steroid dienone is 1. The number of rotatable bonds is 5. The molecule has 0 heterocycles. The fourth-order valence-electron chi connectivity index (χ4n) is 9.32. The van der Waals surface area contributed by atoms with Gasteiger partial charge in [-0.05, 0) is 97.2 Å². The molecular formula is C28H48O. The maximum Gasteiger partial charge on any atom is 0.0577 e. The molecule has 166 valence electrons. The van der Waals surface area contributed by atoms with Crippen LogP contribution in [0.3, 0.4) is 0 Å². The van der Waals surface area contributed by atoms with Gasteiger partial charge in [0.2, 0.25) is 0 Å². The van der Waals surface area contributed by atoms with Crippen molar-refractivity contribution in [2.24, 2.45) is 45.8 Å². The van der Waals surface area contributed by atoms with Crippen molar-refractivity contribution < 1.29 is 5.11 Å².